The SMILES string of the molecule is CC(CCc1ccccc1)NC(=O)Cc1ccc(NC(=O)N2CCSc3ncccc32)cc1. The molecule has 170 valence electrons. The van der Waals surface area contributed by atoms with Crippen LogP contribution in [0.1, 0.15) is 24.5 Å². The van der Waals surface area contributed by atoms with Gasteiger partial charge >= 0.3 is 6.03 Å². The highest BCUT2D eigenvalue weighted by Gasteiger charge is 2.23. The van der Waals surface area contributed by atoms with Crippen LogP contribution < -0.4 is 15.5 Å². The third-order valence-electron chi connectivity index (χ3n) is 5.53. The monoisotopic (exact) mass is 460 g/mol. The van der Waals surface area contributed by atoms with E-state index >= 15 is 0 Å². The number of carbonyl (C=O) groups is 2. The fraction of sp³-hybridized carbons (Fsp3) is 0.269. The number of amides is 3. The second-order valence-electron chi connectivity index (χ2n) is 8.12. The maximum Gasteiger partial charge on any atom is 0.326 e. The fourth-order valence-corrected chi connectivity index (χ4v) is 4.70. The Kier molecular flexibility index (Phi) is 7.62. The van der Waals surface area contributed by atoms with Gasteiger partial charge in [0.25, 0.3) is 0 Å². The molecule has 0 saturated heterocycles. The van der Waals surface area contributed by atoms with Gasteiger partial charge in [0.2, 0.25) is 5.91 Å². The third kappa shape index (κ3) is 6.35. The Labute approximate surface area is 198 Å². The van der Waals surface area contributed by atoms with Crippen LogP contribution in [0.5, 0.6) is 0 Å². The largest absolute Gasteiger partial charge is 0.353 e. The number of aromatic nitrogens is 1. The first kappa shape index (κ1) is 22.9. The Bertz CT molecular complexity index is 1090. The van der Waals surface area contributed by atoms with E-state index in [1.54, 1.807) is 22.9 Å². The first-order valence-corrected chi connectivity index (χ1v) is 12.2. The Morgan fingerprint density at radius 1 is 1.03 bits per heavy atom. The van der Waals surface area contributed by atoms with Crippen molar-refractivity contribution >= 4 is 35.1 Å². The Morgan fingerprint density at radius 3 is 2.61 bits per heavy atom. The number of urea groups is 1. The highest BCUT2D eigenvalue weighted by molar-refractivity contribution is 7.99. The molecule has 0 fully saturated rings. The summed E-state index contributed by atoms with van der Waals surface area (Å²) in [7, 11) is 0. The van der Waals surface area contributed by atoms with Crippen molar-refractivity contribution in [2.45, 2.75) is 37.3 Å². The molecule has 1 atom stereocenters. The summed E-state index contributed by atoms with van der Waals surface area (Å²) in [6.45, 7) is 2.67. The summed E-state index contributed by atoms with van der Waals surface area (Å²) in [5.74, 6) is 0.817. The molecule has 0 bridgehead atoms. The number of rotatable bonds is 7. The summed E-state index contributed by atoms with van der Waals surface area (Å²) in [6.07, 6.45) is 3.89. The van der Waals surface area contributed by atoms with Crippen molar-refractivity contribution in [3.8, 4) is 0 Å². The summed E-state index contributed by atoms with van der Waals surface area (Å²) in [5, 5.41) is 6.89. The van der Waals surface area contributed by atoms with Gasteiger partial charge in [-0.25, -0.2) is 9.78 Å². The van der Waals surface area contributed by atoms with Crippen LogP contribution in [0, 0.1) is 0 Å². The van der Waals surface area contributed by atoms with Gasteiger partial charge in [0, 0.05) is 30.2 Å². The van der Waals surface area contributed by atoms with E-state index in [2.05, 4.69) is 27.8 Å². The van der Waals surface area contributed by atoms with Gasteiger partial charge in [-0.2, -0.15) is 0 Å². The van der Waals surface area contributed by atoms with Crippen molar-refractivity contribution in [2.75, 3.05) is 22.5 Å². The standard InChI is InChI=1S/C26H28N4O2S/c1-19(9-10-20-6-3-2-4-7-20)28-24(31)18-21-11-13-22(14-12-21)29-26(32)30-16-17-33-25-23(30)8-5-15-27-25/h2-8,11-15,19H,9-10,16-18H2,1H3,(H,28,31)(H,29,32). The maximum absolute atomic E-state index is 12.8. The van der Waals surface area contributed by atoms with Gasteiger partial charge in [-0.1, -0.05) is 42.5 Å². The number of thioether (sulfide) groups is 1. The summed E-state index contributed by atoms with van der Waals surface area (Å²) >= 11 is 1.66. The van der Waals surface area contributed by atoms with Gasteiger partial charge < -0.3 is 10.6 Å². The predicted octanol–water partition coefficient (Wildman–Crippen LogP) is 4.91. The lowest BCUT2D eigenvalue weighted by Crippen LogP contribution is -2.38. The molecule has 33 heavy (non-hydrogen) atoms. The highest BCUT2D eigenvalue weighted by Crippen LogP contribution is 2.32. The molecule has 2 heterocycles. The quantitative estimate of drug-likeness (QED) is 0.526. The van der Waals surface area contributed by atoms with Crippen molar-refractivity contribution in [1.82, 2.24) is 10.3 Å². The van der Waals surface area contributed by atoms with Crippen LogP contribution in [0.2, 0.25) is 0 Å². The van der Waals surface area contributed by atoms with Crippen LogP contribution >= 0.6 is 11.8 Å². The number of carbonyl (C=O) groups excluding carboxylic acids is 2. The number of anilines is 2. The normalized spacial score (nSPS) is 13.7. The van der Waals surface area contributed by atoms with E-state index in [4.69, 9.17) is 0 Å². The number of nitrogens with zero attached hydrogens (tertiary/aromatic N) is 2. The number of hydrogen-bond acceptors (Lipinski definition) is 4. The highest BCUT2D eigenvalue weighted by atomic mass is 32.2. The van der Waals surface area contributed by atoms with Gasteiger partial charge in [-0.05, 0) is 55.2 Å². The zero-order valence-electron chi connectivity index (χ0n) is 18.7. The number of benzene rings is 2. The van der Waals surface area contributed by atoms with Crippen molar-refractivity contribution in [3.05, 3.63) is 84.1 Å². The molecule has 1 unspecified atom stereocenters. The topological polar surface area (TPSA) is 74.3 Å². The van der Waals surface area contributed by atoms with Gasteiger partial charge in [-0.15, -0.1) is 11.8 Å². The molecule has 0 spiro atoms. The van der Waals surface area contributed by atoms with E-state index in [-0.39, 0.29) is 18.0 Å². The van der Waals surface area contributed by atoms with Gasteiger partial charge in [-0.3, -0.25) is 9.69 Å². The fourth-order valence-electron chi connectivity index (χ4n) is 3.77. The maximum atomic E-state index is 12.8. The second kappa shape index (κ2) is 11.0. The Morgan fingerprint density at radius 2 is 1.82 bits per heavy atom. The molecule has 1 aromatic heterocycles. The number of hydrogen-bond donors (Lipinski definition) is 2. The van der Waals surface area contributed by atoms with E-state index in [0.29, 0.717) is 18.7 Å². The third-order valence-corrected chi connectivity index (χ3v) is 6.50. The number of nitrogens with one attached hydrogen (secondary N) is 2. The molecule has 6 nitrogen and oxygen atoms in total. The molecular formula is C26H28N4O2S. The first-order valence-electron chi connectivity index (χ1n) is 11.2. The smallest absolute Gasteiger partial charge is 0.326 e. The van der Waals surface area contributed by atoms with Crippen LogP contribution in [0.25, 0.3) is 0 Å². The minimum Gasteiger partial charge on any atom is -0.353 e. The van der Waals surface area contributed by atoms with Gasteiger partial charge in [0.05, 0.1) is 12.1 Å². The van der Waals surface area contributed by atoms with Crippen LogP contribution in [0.4, 0.5) is 16.2 Å². The van der Waals surface area contributed by atoms with Crippen LogP contribution in [0.15, 0.2) is 78.0 Å². The van der Waals surface area contributed by atoms with E-state index in [1.165, 1.54) is 5.56 Å². The van der Waals surface area contributed by atoms with E-state index in [9.17, 15) is 9.59 Å². The molecule has 3 aromatic rings. The van der Waals surface area contributed by atoms with E-state index < -0.39 is 0 Å². The van der Waals surface area contributed by atoms with Gasteiger partial charge in [0.1, 0.15) is 5.03 Å². The van der Waals surface area contributed by atoms with Crippen LogP contribution in [-0.4, -0.2) is 35.3 Å². The zero-order valence-corrected chi connectivity index (χ0v) is 19.5. The average Bonchev–Trinajstić information content (AvgIpc) is 2.84. The van der Waals surface area contributed by atoms with E-state index in [1.807, 2.05) is 61.5 Å². The van der Waals surface area contributed by atoms with Crippen LogP contribution in [0.3, 0.4) is 0 Å². The molecule has 1 aliphatic heterocycles. The molecule has 0 radical (unpaired) electrons. The average molecular weight is 461 g/mol. The minimum absolute atomic E-state index is 0.00210. The summed E-state index contributed by atoms with van der Waals surface area (Å²) < 4.78 is 0. The summed E-state index contributed by atoms with van der Waals surface area (Å²) in [6, 6.07) is 21.4. The van der Waals surface area contributed by atoms with Crippen molar-refractivity contribution in [1.29, 1.82) is 0 Å². The van der Waals surface area contributed by atoms with E-state index in [0.717, 1.165) is 34.9 Å². The number of pyridine rings is 1. The second-order valence-corrected chi connectivity index (χ2v) is 9.21. The summed E-state index contributed by atoms with van der Waals surface area (Å²) in [4.78, 5) is 31.3. The minimum atomic E-state index is -0.178. The van der Waals surface area contributed by atoms with Crippen molar-refractivity contribution in [2.24, 2.45) is 0 Å². The molecule has 0 saturated carbocycles. The molecule has 0 aliphatic carbocycles. The zero-order chi connectivity index (χ0) is 23.0. The predicted molar refractivity (Wildman–Crippen MR) is 134 cm³/mol. The van der Waals surface area contributed by atoms with Crippen molar-refractivity contribution in [3.63, 3.8) is 0 Å². The molecule has 2 N–H and O–H groups in total. The van der Waals surface area contributed by atoms with Crippen LogP contribution in [-0.2, 0) is 17.6 Å². The Hall–Kier alpha value is -3.32. The lowest BCUT2D eigenvalue weighted by atomic mass is 10.1. The lowest BCUT2D eigenvalue weighted by Gasteiger charge is -2.28. The number of aryl methyl sites for hydroxylation is 1. The molecule has 7 heteroatoms. The molecule has 4 rings (SSSR count). The molecule has 3 amide bonds. The lowest BCUT2D eigenvalue weighted by molar-refractivity contribution is -0.121. The first-order chi connectivity index (χ1) is 16.1. The Balaban J connectivity index is 1.26. The van der Waals surface area contributed by atoms with Crippen molar-refractivity contribution < 1.29 is 9.59 Å². The number of fused-ring (bicyclic) bond motifs is 1. The van der Waals surface area contributed by atoms with Gasteiger partial charge in [0.15, 0.2) is 0 Å². The molecule has 1 aliphatic rings. The molecule has 2 aromatic carbocycles. The molecular weight excluding hydrogens is 432 g/mol. The summed E-state index contributed by atoms with van der Waals surface area (Å²) in [5.41, 5.74) is 3.72.